The highest BCUT2D eigenvalue weighted by Gasteiger charge is 2.26. The van der Waals surface area contributed by atoms with Crippen LogP contribution in [0.15, 0.2) is 48.5 Å². The van der Waals surface area contributed by atoms with Crippen molar-refractivity contribution < 1.29 is 27.5 Å². The van der Waals surface area contributed by atoms with Crippen molar-refractivity contribution in [2.24, 2.45) is 0 Å². The highest BCUT2D eigenvalue weighted by atomic mass is 32.2. The number of para-hydroxylation sites is 3. The number of aryl methyl sites for hydroxylation is 1. The molecule has 0 saturated heterocycles. The van der Waals surface area contributed by atoms with E-state index in [1.54, 1.807) is 55.5 Å². The van der Waals surface area contributed by atoms with Gasteiger partial charge >= 0.3 is 5.97 Å². The second-order valence-electron chi connectivity index (χ2n) is 6.61. The number of nitrogens with zero attached hydrogens (tertiary/aromatic N) is 1. The molecule has 1 atom stereocenters. The van der Waals surface area contributed by atoms with Crippen LogP contribution in [0.3, 0.4) is 0 Å². The van der Waals surface area contributed by atoms with Gasteiger partial charge in [0, 0.05) is 0 Å². The number of anilines is 2. The van der Waals surface area contributed by atoms with Crippen LogP contribution in [0.1, 0.15) is 19.4 Å². The minimum Gasteiger partial charge on any atom is -0.492 e. The van der Waals surface area contributed by atoms with Crippen LogP contribution >= 0.6 is 0 Å². The minimum atomic E-state index is -3.74. The van der Waals surface area contributed by atoms with Gasteiger partial charge < -0.3 is 14.8 Å². The van der Waals surface area contributed by atoms with Gasteiger partial charge in [-0.25, -0.2) is 8.42 Å². The molecule has 1 unspecified atom stereocenters. The van der Waals surface area contributed by atoms with Crippen molar-refractivity contribution in [2.75, 3.05) is 29.0 Å². The Morgan fingerprint density at radius 1 is 1.10 bits per heavy atom. The highest BCUT2D eigenvalue weighted by Crippen LogP contribution is 2.24. The fourth-order valence-corrected chi connectivity index (χ4v) is 3.62. The SMILES string of the molecule is CCOc1ccccc1NC(=O)C(C)OC(=O)CN(c1ccccc1C)S(C)(=O)=O. The molecule has 1 amide bonds. The van der Waals surface area contributed by atoms with E-state index in [4.69, 9.17) is 9.47 Å². The van der Waals surface area contributed by atoms with Crippen molar-refractivity contribution in [1.29, 1.82) is 0 Å². The zero-order chi connectivity index (χ0) is 22.3. The van der Waals surface area contributed by atoms with Gasteiger partial charge in [0.2, 0.25) is 10.0 Å². The van der Waals surface area contributed by atoms with Crippen LogP contribution < -0.4 is 14.4 Å². The molecule has 0 aliphatic heterocycles. The van der Waals surface area contributed by atoms with E-state index in [1.165, 1.54) is 6.92 Å². The summed E-state index contributed by atoms with van der Waals surface area (Å²) in [5, 5.41) is 2.65. The molecule has 30 heavy (non-hydrogen) atoms. The van der Waals surface area contributed by atoms with Crippen LogP contribution in [0.25, 0.3) is 0 Å². The predicted molar refractivity (Wildman–Crippen MR) is 115 cm³/mol. The van der Waals surface area contributed by atoms with Crippen LogP contribution in [0.4, 0.5) is 11.4 Å². The fourth-order valence-electron chi connectivity index (χ4n) is 2.72. The molecule has 0 aliphatic carbocycles. The first-order chi connectivity index (χ1) is 14.1. The van der Waals surface area contributed by atoms with Gasteiger partial charge in [-0.05, 0) is 44.5 Å². The summed E-state index contributed by atoms with van der Waals surface area (Å²) in [6.07, 6.45) is -0.126. The number of hydrogen-bond acceptors (Lipinski definition) is 6. The molecule has 0 radical (unpaired) electrons. The van der Waals surface area contributed by atoms with Gasteiger partial charge in [-0.15, -0.1) is 0 Å². The van der Waals surface area contributed by atoms with Gasteiger partial charge in [0.1, 0.15) is 12.3 Å². The molecule has 0 heterocycles. The fraction of sp³-hybridized carbons (Fsp3) is 0.333. The van der Waals surface area contributed by atoms with Gasteiger partial charge in [-0.1, -0.05) is 30.3 Å². The quantitative estimate of drug-likeness (QED) is 0.609. The zero-order valence-corrected chi connectivity index (χ0v) is 18.2. The van der Waals surface area contributed by atoms with Crippen LogP contribution in [-0.2, 0) is 24.3 Å². The summed E-state index contributed by atoms with van der Waals surface area (Å²) in [7, 11) is -3.74. The van der Waals surface area contributed by atoms with Gasteiger partial charge in [-0.2, -0.15) is 0 Å². The zero-order valence-electron chi connectivity index (χ0n) is 17.4. The second-order valence-corrected chi connectivity index (χ2v) is 8.51. The summed E-state index contributed by atoms with van der Waals surface area (Å²) in [6.45, 7) is 4.86. The van der Waals surface area contributed by atoms with Crippen LogP contribution in [0.5, 0.6) is 5.75 Å². The third-order valence-corrected chi connectivity index (χ3v) is 5.31. The minimum absolute atomic E-state index is 0.375. The van der Waals surface area contributed by atoms with Gasteiger partial charge in [0.05, 0.1) is 24.2 Å². The maximum Gasteiger partial charge on any atom is 0.327 e. The molecule has 2 aromatic rings. The standard InChI is InChI=1S/C21H26N2O6S/c1-5-28-19-13-9-7-11-17(19)22-21(25)16(3)29-20(24)14-23(30(4,26)27)18-12-8-6-10-15(18)2/h6-13,16H,5,14H2,1-4H3,(H,22,25). The topological polar surface area (TPSA) is 102 Å². The molecular weight excluding hydrogens is 408 g/mol. The lowest BCUT2D eigenvalue weighted by Gasteiger charge is -2.24. The molecule has 0 bridgehead atoms. The number of nitrogens with one attached hydrogen (secondary N) is 1. The smallest absolute Gasteiger partial charge is 0.327 e. The molecule has 2 rings (SSSR count). The Morgan fingerprint density at radius 2 is 1.73 bits per heavy atom. The Labute approximate surface area is 176 Å². The Balaban J connectivity index is 2.07. The first-order valence-electron chi connectivity index (χ1n) is 9.39. The van der Waals surface area contributed by atoms with Gasteiger partial charge in [-0.3, -0.25) is 13.9 Å². The summed E-state index contributed by atoms with van der Waals surface area (Å²) in [6, 6.07) is 13.7. The molecule has 0 fully saturated rings. The second kappa shape index (κ2) is 10.1. The van der Waals surface area contributed by atoms with Crippen molar-refractivity contribution in [3.05, 3.63) is 54.1 Å². The molecular formula is C21H26N2O6S. The van der Waals surface area contributed by atoms with Crippen molar-refractivity contribution in [3.63, 3.8) is 0 Å². The van der Waals surface area contributed by atoms with Crippen LogP contribution in [0, 0.1) is 6.92 Å². The summed E-state index contributed by atoms with van der Waals surface area (Å²) in [4.78, 5) is 24.8. The van der Waals surface area contributed by atoms with Gasteiger partial charge in [0.15, 0.2) is 6.10 Å². The van der Waals surface area contributed by atoms with E-state index >= 15 is 0 Å². The molecule has 0 spiro atoms. The lowest BCUT2D eigenvalue weighted by atomic mass is 10.2. The summed E-state index contributed by atoms with van der Waals surface area (Å²) >= 11 is 0. The molecule has 0 aliphatic rings. The predicted octanol–water partition coefficient (Wildman–Crippen LogP) is 2.73. The molecule has 0 aromatic heterocycles. The number of benzene rings is 2. The van der Waals surface area contributed by atoms with Gasteiger partial charge in [0.25, 0.3) is 5.91 Å². The maximum absolute atomic E-state index is 12.4. The number of rotatable bonds is 9. The average Bonchev–Trinajstić information content (AvgIpc) is 2.67. The molecule has 1 N–H and O–H groups in total. The number of ether oxygens (including phenoxy) is 2. The largest absolute Gasteiger partial charge is 0.492 e. The maximum atomic E-state index is 12.4. The number of carbonyl (C=O) groups is 2. The lowest BCUT2D eigenvalue weighted by Crippen LogP contribution is -2.39. The van der Waals surface area contributed by atoms with Crippen LogP contribution in [-0.4, -0.2) is 45.8 Å². The number of carbonyl (C=O) groups excluding carboxylic acids is 2. The van der Waals surface area contributed by atoms with Crippen molar-refractivity contribution in [1.82, 2.24) is 0 Å². The first-order valence-corrected chi connectivity index (χ1v) is 11.2. The Kier molecular flexibility index (Phi) is 7.82. The number of amides is 1. The van der Waals surface area contributed by atoms with Crippen molar-refractivity contribution >= 4 is 33.3 Å². The summed E-state index contributed by atoms with van der Waals surface area (Å²) in [5.74, 6) is -0.906. The molecule has 0 saturated carbocycles. The highest BCUT2D eigenvalue weighted by molar-refractivity contribution is 7.92. The Hall–Kier alpha value is -3.07. The Morgan fingerprint density at radius 3 is 2.37 bits per heavy atom. The van der Waals surface area contributed by atoms with Crippen LogP contribution in [0.2, 0.25) is 0 Å². The van der Waals surface area contributed by atoms with Crippen molar-refractivity contribution in [2.45, 2.75) is 26.9 Å². The summed E-state index contributed by atoms with van der Waals surface area (Å²) < 4.78 is 36.0. The van der Waals surface area contributed by atoms with E-state index in [1.807, 2.05) is 6.92 Å². The third-order valence-electron chi connectivity index (χ3n) is 4.18. The number of esters is 1. The molecule has 9 heteroatoms. The van der Waals surface area contributed by atoms with E-state index in [0.717, 1.165) is 10.6 Å². The summed E-state index contributed by atoms with van der Waals surface area (Å²) in [5.41, 5.74) is 1.51. The van der Waals surface area contributed by atoms with E-state index in [2.05, 4.69) is 5.32 Å². The lowest BCUT2D eigenvalue weighted by molar-refractivity contribution is -0.151. The first kappa shape index (κ1) is 23.2. The number of hydrogen-bond donors (Lipinski definition) is 1. The van der Waals surface area contributed by atoms with E-state index in [9.17, 15) is 18.0 Å². The number of sulfonamides is 1. The van der Waals surface area contributed by atoms with Crippen molar-refractivity contribution in [3.8, 4) is 5.75 Å². The molecule has 2 aromatic carbocycles. The average molecular weight is 435 g/mol. The molecule has 162 valence electrons. The monoisotopic (exact) mass is 434 g/mol. The molecule has 8 nitrogen and oxygen atoms in total. The van der Waals surface area contributed by atoms with E-state index < -0.39 is 34.5 Å². The third kappa shape index (κ3) is 6.21. The van der Waals surface area contributed by atoms with E-state index in [0.29, 0.717) is 29.3 Å². The normalized spacial score (nSPS) is 12.0. The van der Waals surface area contributed by atoms with E-state index in [-0.39, 0.29) is 0 Å². The Bertz CT molecular complexity index is 1010.